The fraction of sp³-hybridized carbons (Fsp3) is 0.500. The molecule has 1 aliphatic rings. The second-order valence-electron chi connectivity index (χ2n) is 4.83. The van der Waals surface area contributed by atoms with Crippen LogP contribution in [0.4, 0.5) is 10.2 Å². The zero-order valence-corrected chi connectivity index (χ0v) is 12.5. The molecule has 0 bridgehead atoms. The van der Waals surface area contributed by atoms with Gasteiger partial charge in [0.15, 0.2) is 11.6 Å². The Morgan fingerprint density at radius 1 is 1.67 bits per heavy atom. The molecule has 0 spiro atoms. The summed E-state index contributed by atoms with van der Waals surface area (Å²) in [6.45, 7) is 2.12. The van der Waals surface area contributed by atoms with Crippen LogP contribution in [0.25, 0.3) is 0 Å². The quantitative estimate of drug-likeness (QED) is 0.525. The van der Waals surface area contributed by atoms with Gasteiger partial charge in [-0.25, -0.2) is 14.2 Å². The van der Waals surface area contributed by atoms with Crippen molar-refractivity contribution < 1.29 is 13.9 Å². The lowest BCUT2D eigenvalue weighted by atomic mass is 9.90. The number of halogens is 2. The lowest BCUT2D eigenvalue weighted by Gasteiger charge is -2.25. The second kappa shape index (κ2) is 7.36. The number of carbonyl (C=O) groups is 1. The number of aromatic nitrogens is 2. The number of esters is 1. The van der Waals surface area contributed by atoms with Crippen LogP contribution in [0, 0.1) is 5.82 Å². The highest BCUT2D eigenvalue weighted by atomic mass is 35.5. The topological polar surface area (TPSA) is 64.1 Å². The number of rotatable bonds is 4. The maximum absolute atomic E-state index is 13.6. The first-order valence-corrected chi connectivity index (χ1v) is 7.27. The largest absolute Gasteiger partial charge is 0.463 e. The van der Waals surface area contributed by atoms with Gasteiger partial charge in [-0.05, 0) is 44.2 Å². The molecule has 1 aromatic heterocycles. The molecule has 0 radical (unpaired) electrons. The first-order chi connectivity index (χ1) is 10.1. The SMILES string of the molecule is CCOC(=O)/C=C1/CCC[C@H](Nc2nc(Cl)ncc2F)C1. The van der Waals surface area contributed by atoms with Gasteiger partial charge in [0.25, 0.3) is 0 Å². The predicted molar refractivity (Wildman–Crippen MR) is 77.6 cm³/mol. The first-order valence-electron chi connectivity index (χ1n) is 6.89. The van der Waals surface area contributed by atoms with E-state index in [1.54, 1.807) is 6.92 Å². The predicted octanol–water partition coefficient (Wildman–Crippen LogP) is 3.11. The summed E-state index contributed by atoms with van der Waals surface area (Å²) in [7, 11) is 0. The Morgan fingerprint density at radius 3 is 3.24 bits per heavy atom. The summed E-state index contributed by atoms with van der Waals surface area (Å²) in [6.07, 6.45) is 5.87. The molecule has 1 saturated carbocycles. The standard InChI is InChI=1S/C14H17ClFN3O2/c1-2-21-12(20)7-9-4-3-5-10(6-9)18-13-11(16)8-17-14(15)19-13/h7-8,10H,2-6H2,1H3,(H,17,18,19)/b9-7-/t10-/m0/s1. The minimum Gasteiger partial charge on any atom is -0.463 e. The van der Waals surface area contributed by atoms with Gasteiger partial charge in [0, 0.05) is 12.1 Å². The van der Waals surface area contributed by atoms with Crippen LogP contribution >= 0.6 is 11.6 Å². The lowest BCUT2D eigenvalue weighted by molar-refractivity contribution is -0.137. The molecule has 1 fully saturated rings. The lowest BCUT2D eigenvalue weighted by Crippen LogP contribution is -2.25. The van der Waals surface area contributed by atoms with Crippen molar-refractivity contribution in [3.63, 3.8) is 0 Å². The Bertz CT molecular complexity index is 551. The van der Waals surface area contributed by atoms with Crippen molar-refractivity contribution >= 4 is 23.4 Å². The molecule has 0 saturated heterocycles. The maximum Gasteiger partial charge on any atom is 0.330 e. The number of nitrogens with one attached hydrogen (secondary N) is 1. The fourth-order valence-electron chi connectivity index (χ4n) is 2.34. The van der Waals surface area contributed by atoms with E-state index < -0.39 is 5.82 Å². The average Bonchev–Trinajstić information content (AvgIpc) is 2.43. The number of ether oxygens (including phenoxy) is 1. The molecular formula is C14H17ClFN3O2. The van der Waals surface area contributed by atoms with Gasteiger partial charge in [-0.15, -0.1) is 0 Å². The minimum absolute atomic E-state index is 0.00278. The van der Waals surface area contributed by atoms with Crippen molar-refractivity contribution in [3.8, 4) is 0 Å². The van der Waals surface area contributed by atoms with Gasteiger partial charge < -0.3 is 10.1 Å². The molecule has 0 unspecified atom stereocenters. The molecule has 114 valence electrons. The van der Waals surface area contributed by atoms with E-state index in [1.165, 1.54) is 6.08 Å². The van der Waals surface area contributed by atoms with Crippen LogP contribution in [-0.4, -0.2) is 28.6 Å². The summed E-state index contributed by atoms with van der Waals surface area (Å²) < 4.78 is 18.5. The van der Waals surface area contributed by atoms with Gasteiger partial charge in [-0.1, -0.05) is 5.57 Å². The van der Waals surface area contributed by atoms with E-state index in [1.807, 2.05) is 0 Å². The van der Waals surface area contributed by atoms with Crippen molar-refractivity contribution in [1.82, 2.24) is 9.97 Å². The van der Waals surface area contributed by atoms with Gasteiger partial charge in [-0.2, -0.15) is 4.98 Å². The molecule has 7 heteroatoms. The van der Waals surface area contributed by atoms with Gasteiger partial charge in [0.05, 0.1) is 12.8 Å². The van der Waals surface area contributed by atoms with Crippen molar-refractivity contribution in [2.24, 2.45) is 0 Å². The summed E-state index contributed by atoms with van der Waals surface area (Å²) in [5, 5.41) is 3.02. The number of hydrogen-bond donors (Lipinski definition) is 1. The summed E-state index contributed by atoms with van der Waals surface area (Å²) in [5.41, 5.74) is 0.998. The molecule has 1 heterocycles. The highest BCUT2D eigenvalue weighted by Gasteiger charge is 2.20. The van der Waals surface area contributed by atoms with Crippen LogP contribution in [0.2, 0.25) is 5.28 Å². The Labute approximate surface area is 127 Å². The molecule has 0 aromatic carbocycles. The van der Waals surface area contributed by atoms with Crippen LogP contribution in [-0.2, 0) is 9.53 Å². The maximum atomic E-state index is 13.6. The number of carbonyl (C=O) groups excluding carboxylic acids is 1. The minimum atomic E-state index is -0.541. The smallest absolute Gasteiger partial charge is 0.330 e. The average molecular weight is 314 g/mol. The van der Waals surface area contributed by atoms with Gasteiger partial charge >= 0.3 is 5.97 Å². The normalized spacial score (nSPS) is 20.3. The van der Waals surface area contributed by atoms with Crippen molar-refractivity contribution in [2.45, 2.75) is 38.6 Å². The summed E-state index contributed by atoms with van der Waals surface area (Å²) in [6, 6.07) is 0.0138. The van der Waals surface area contributed by atoms with Crippen LogP contribution in [0.1, 0.15) is 32.6 Å². The van der Waals surface area contributed by atoms with Gasteiger partial charge in [0.2, 0.25) is 5.28 Å². The molecule has 1 atom stereocenters. The Hall–Kier alpha value is -1.69. The zero-order valence-electron chi connectivity index (χ0n) is 11.7. The molecule has 1 aromatic rings. The van der Waals surface area contributed by atoms with Gasteiger partial charge in [0.1, 0.15) is 0 Å². The third kappa shape index (κ3) is 4.67. The van der Waals surface area contributed by atoms with E-state index in [9.17, 15) is 9.18 Å². The van der Waals surface area contributed by atoms with E-state index in [4.69, 9.17) is 16.3 Å². The van der Waals surface area contributed by atoms with Crippen LogP contribution < -0.4 is 5.32 Å². The van der Waals surface area contributed by atoms with Crippen molar-refractivity contribution in [1.29, 1.82) is 0 Å². The van der Waals surface area contributed by atoms with Gasteiger partial charge in [-0.3, -0.25) is 0 Å². The fourth-order valence-corrected chi connectivity index (χ4v) is 2.47. The molecular weight excluding hydrogens is 297 g/mol. The molecule has 5 nitrogen and oxygen atoms in total. The molecule has 0 amide bonds. The molecule has 1 aliphatic carbocycles. The van der Waals surface area contributed by atoms with E-state index in [2.05, 4.69) is 15.3 Å². The highest BCUT2D eigenvalue weighted by molar-refractivity contribution is 6.28. The summed E-state index contributed by atoms with van der Waals surface area (Å²) in [5.74, 6) is -0.775. The van der Waals surface area contributed by atoms with Crippen LogP contribution in [0.3, 0.4) is 0 Å². The summed E-state index contributed by atoms with van der Waals surface area (Å²) in [4.78, 5) is 18.9. The van der Waals surface area contributed by atoms with E-state index in [0.29, 0.717) is 13.0 Å². The second-order valence-corrected chi connectivity index (χ2v) is 5.17. The van der Waals surface area contributed by atoms with E-state index in [0.717, 1.165) is 31.0 Å². The Balaban J connectivity index is 2.01. The van der Waals surface area contributed by atoms with Crippen LogP contribution in [0.15, 0.2) is 17.8 Å². The van der Waals surface area contributed by atoms with Crippen molar-refractivity contribution in [3.05, 3.63) is 28.9 Å². The molecule has 0 aliphatic heterocycles. The van der Waals surface area contributed by atoms with E-state index >= 15 is 0 Å². The number of anilines is 1. The Morgan fingerprint density at radius 2 is 2.48 bits per heavy atom. The first kappa shape index (κ1) is 15.7. The third-order valence-corrected chi connectivity index (χ3v) is 3.41. The Kier molecular flexibility index (Phi) is 5.50. The van der Waals surface area contributed by atoms with Crippen LogP contribution in [0.5, 0.6) is 0 Å². The van der Waals surface area contributed by atoms with Crippen molar-refractivity contribution in [2.75, 3.05) is 11.9 Å². The molecule has 2 rings (SSSR count). The number of nitrogens with zero attached hydrogens (tertiary/aromatic N) is 2. The zero-order chi connectivity index (χ0) is 15.2. The summed E-state index contributed by atoms with van der Waals surface area (Å²) >= 11 is 5.67. The monoisotopic (exact) mass is 313 g/mol. The highest BCUT2D eigenvalue weighted by Crippen LogP contribution is 2.26. The molecule has 1 N–H and O–H groups in total. The number of hydrogen-bond acceptors (Lipinski definition) is 5. The third-order valence-electron chi connectivity index (χ3n) is 3.22. The van der Waals surface area contributed by atoms with E-state index in [-0.39, 0.29) is 23.1 Å². The molecule has 21 heavy (non-hydrogen) atoms.